The second-order valence-corrected chi connectivity index (χ2v) is 8.26. The molecular weight excluding hydrogens is 384 g/mol. The highest BCUT2D eigenvalue weighted by molar-refractivity contribution is 5.94. The number of piperidine rings is 1. The minimum absolute atomic E-state index is 0.0202. The molecule has 2 fully saturated rings. The average molecular weight is 409 g/mol. The van der Waals surface area contributed by atoms with Gasteiger partial charge in [-0.25, -0.2) is 8.78 Å². The first-order valence-corrected chi connectivity index (χ1v) is 10.1. The molecule has 9 heteroatoms. The lowest BCUT2D eigenvalue weighted by molar-refractivity contribution is -0.138. The van der Waals surface area contributed by atoms with Crippen LogP contribution >= 0.6 is 0 Å². The Kier molecular flexibility index (Phi) is 5.18. The highest BCUT2D eigenvalue weighted by atomic mass is 19.3. The van der Waals surface area contributed by atoms with Crippen molar-refractivity contribution < 1.29 is 23.1 Å². The molecule has 0 spiro atoms. The van der Waals surface area contributed by atoms with E-state index < -0.39 is 23.4 Å². The predicted octanol–water partition coefficient (Wildman–Crippen LogP) is 1.36. The molecule has 1 aromatic heterocycles. The fourth-order valence-electron chi connectivity index (χ4n) is 4.63. The molecule has 1 saturated carbocycles. The third-order valence-electron chi connectivity index (χ3n) is 6.06. The Bertz CT molecular complexity index is 877. The third kappa shape index (κ3) is 3.92. The van der Waals surface area contributed by atoms with E-state index in [0.717, 1.165) is 12.1 Å². The van der Waals surface area contributed by atoms with Gasteiger partial charge in [-0.15, -0.1) is 0 Å². The number of ether oxygens (including phenoxy) is 1. The van der Waals surface area contributed by atoms with Crippen LogP contribution in [0.4, 0.5) is 8.78 Å². The number of fused-ring (bicyclic) bond motifs is 4. The molecule has 1 aliphatic carbocycles. The van der Waals surface area contributed by atoms with Gasteiger partial charge in [0, 0.05) is 56.7 Å². The van der Waals surface area contributed by atoms with Crippen LogP contribution in [0.3, 0.4) is 0 Å². The Balaban J connectivity index is 1.49. The molecule has 7 nitrogen and oxygen atoms in total. The van der Waals surface area contributed by atoms with Gasteiger partial charge in [0.25, 0.3) is 17.4 Å². The van der Waals surface area contributed by atoms with Crippen LogP contribution in [0.1, 0.15) is 48.2 Å². The second kappa shape index (κ2) is 7.51. The van der Waals surface area contributed by atoms with Crippen LogP contribution in [0.2, 0.25) is 0 Å². The SMILES string of the molecule is CCOCC(=O)N1C[C@@H]2C[C@H](C1)c1ccc(C(=O)NC3CC(F)(F)C3)c(=O)n1C2. The van der Waals surface area contributed by atoms with Crippen LogP contribution in [-0.2, 0) is 16.1 Å². The molecule has 3 heterocycles. The molecule has 158 valence electrons. The monoisotopic (exact) mass is 409 g/mol. The minimum Gasteiger partial charge on any atom is -0.372 e. The molecule has 1 N–H and O–H groups in total. The maximum absolute atomic E-state index is 13.0. The Morgan fingerprint density at radius 2 is 2.00 bits per heavy atom. The summed E-state index contributed by atoms with van der Waals surface area (Å²) < 4.78 is 32.8. The second-order valence-electron chi connectivity index (χ2n) is 8.26. The van der Waals surface area contributed by atoms with Gasteiger partial charge in [-0.1, -0.05) is 0 Å². The zero-order chi connectivity index (χ0) is 20.8. The summed E-state index contributed by atoms with van der Waals surface area (Å²) in [7, 11) is 0. The average Bonchev–Trinajstić information content (AvgIpc) is 2.65. The number of carbonyl (C=O) groups excluding carboxylic acids is 2. The Labute approximate surface area is 167 Å². The van der Waals surface area contributed by atoms with E-state index in [0.29, 0.717) is 26.2 Å². The van der Waals surface area contributed by atoms with Crippen LogP contribution in [-0.4, -0.2) is 59.5 Å². The van der Waals surface area contributed by atoms with E-state index in [1.807, 2.05) is 6.92 Å². The van der Waals surface area contributed by atoms with Gasteiger partial charge in [0.15, 0.2) is 0 Å². The topological polar surface area (TPSA) is 80.6 Å². The summed E-state index contributed by atoms with van der Waals surface area (Å²) in [5.41, 5.74) is 0.398. The molecule has 4 rings (SSSR count). The number of halogens is 2. The van der Waals surface area contributed by atoms with Crippen molar-refractivity contribution in [1.29, 1.82) is 0 Å². The van der Waals surface area contributed by atoms with E-state index in [1.165, 1.54) is 6.07 Å². The van der Waals surface area contributed by atoms with Crippen molar-refractivity contribution in [2.45, 2.75) is 50.6 Å². The number of nitrogens with zero attached hydrogens (tertiary/aromatic N) is 2. The van der Waals surface area contributed by atoms with Crippen molar-refractivity contribution in [3.05, 3.63) is 33.7 Å². The lowest BCUT2D eigenvalue weighted by atomic mass is 9.83. The number of amides is 2. The molecule has 2 bridgehead atoms. The van der Waals surface area contributed by atoms with Gasteiger partial charge in [-0.05, 0) is 31.4 Å². The standard InChI is InChI=1S/C20H25F2N3O4/c1-2-29-11-17(26)24-8-12-5-13(10-24)16-4-3-15(19(28)25(16)9-12)18(27)23-14-6-20(21,22)7-14/h3-4,12-14H,2,5-11H2,1H3,(H,23,27)/t12-,13+/m0/s1. The lowest BCUT2D eigenvalue weighted by Gasteiger charge is -2.43. The van der Waals surface area contributed by atoms with Crippen LogP contribution in [0.25, 0.3) is 0 Å². The van der Waals surface area contributed by atoms with E-state index in [2.05, 4.69) is 5.32 Å². The molecule has 0 radical (unpaired) electrons. The molecule has 2 atom stereocenters. The largest absolute Gasteiger partial charge is 0.372 e. The van der Waals surface area contributed by atoms with E-state index in [-0.39, 0.29) is 42.8 Å². The maximum atomic E-state index is 13.0. The van der Waals surface area contributed by atoms with Crippen LogP contribution in [0, 0.1) is 5.92 Å². The molecule has 0 aromatic carbocycles. The molecule has 2 amide bonds. The van der Waals surface area contributed by atoms with Crippen LogP contribution in [0.15, 0.2) is 16.9 Å². The predicted molar refractivity (Wildman–Crippen MR) is 100 cm³/mol. The van der Waals surface area contributed by atoms with E-state index in [1.54, 1.807) is 15.5 Å². The van der Waals surface area contributed by atoms with Gasteiger partial charge in [-0.2, -0.15) is 0 Å². The first-order valence-electron chi connectivity index (χ1n) is 10.1. The summed E-state index contributed by atoms with van der Waals surface area (Å²) in [5, 5.41) is 2.53. The van der Waals surface area contributed by atoms with Crippen LogP contribution in [0.5, 0.6) is 0 Å². The summed E-state index contributed by atoms with van der Waals surface area (Å²) >= 11 is 0. The van der Waals surface area contributed by atoms with Crippen molar-refractivity contribution in [3.8, 4) is 0 Å². The van der Waals surface area contributed by atoms with Gasteiger partial charge in [0.1, 0.15) is 12.2 Å². The molecule has 1 saturated heterocycles. The Morgan fingerprint density at radius 1 is 1.24 bits per heavy atom. The number of pyridine rings is 1. The van der Waals surface area contributed by atoms with E-state index in [9.17, 15) is 23.2 Å². The molecule has 2 aliphatic heterocycles. The van der Waals surface area contributed by atoms with E-state index >= 15 is 0 Å². The number of hydrogen-bond acceptors (Lipinski definition) is 4. The Hall–Kier alpha value is -2.29. The number of likely N-dealkylation sites (tertiary alicyclic amines) is 1. The van der Waals surface area contributed by atoms with Crippen molar-refractivity contribution in [2.75, 3.05) is 26.3 Å². The summed E-state index contributed by atoms with van der Waals surface area (Å²) in [5.74, 6) is -3.22. The highest BCUT2D eigenvalue weighted by Gasteiger charge is 2.46. The maximum Gasteiger partial charge on any atom is 0.263 e. The van der Waals surface area contributed by atoms with E-state index in [4.69, 9.17) is 4.74 Å². The molecule has 1 aromatic rings. The first kappa shape index (κ1) is 20.0. The van der Waals surface area contributed by atoms with Gasteiger partial charge < -0.3 is 19.5 Å². The van der Waals surface area contributed by atoms with Crippen molar-refractivity contribution in [2.24, 2.45) is 5.92 Å². The van der Waals surface area contributed by atoms with Gasteiger partial charge in [-0.3, -0.25) is 14.4 Å². The minimum atomic E-state index is -2.73. The van der Waals surface area contributed by atoms with Gasteiger partial charge >= 0.3 is 0 Å². The fourth-order valence-corrected chi connectivity index (χ4v) is 4.63. The number of carbonyl (C=O) groups is 2. The van der Waals surface area contributed by atoms with Gasteiger partial charge in [0.2, 0.25) is 5.91 Å². The fraction of sp³-hybridized carbons (Fsp3) is 0.650. The Morgan fingerprint density at radius 3 is 2.69 bits per heavy atom. The summed E-state index contributed by atoms with van der Waals surface area (Å²) in [4.78, 5) is 39.4. The number of rotatable bonds is 5. The summed E-state index contributed by atoms with van der Waals surface area (Å²) in [6.07, 6.45) is 0.113. The first-order chi connectivity index (χ1) is 13.8. The van der Waals surface area contributed by atoms with Crippen LogP contribution < -0.4 is 10.9 Å². The number of aromatic nitrogens is 1. The van der Waals surface area contributed by atoms with Crippen molar-refractivity contribution >= 4 is 11.8 Å². The zero-order valence-corrected chi connectivity index (χ0v) is 16.3. The number of alkyl halides is 2. The summed E-state index contributed by atoms with van der Waals surface area (Å²) in [6, 6.07) is 2.63. The zero-order valence-electron chi connectivity index (χ0n) is 16.3. The third-order valence-corrected chi connectivity index (χ3v) is 6.06. The quantitative estimate of drug-likeness (QED) is 0.796. The lowest BCUT2D eigenvalue weighted by Crippen LogP contribution is -2.52. The van der Waals surface area contributed by atoms with Crippen molar-refractivity contribution in [3.63, 3.8) is 0 Å². The number of hydrogen-bond donors (Lipinski definition) is 1. The summed E-state index contributed by atoms with van der Waals surface area (Å²) in [6.45, 7) is 3.89. The highest BCUT2D eigenvalue weighted by Crippen LogP contribution is 2.38. The molecular formula is C20H25F2N3O4. The number of nitrogens with one attached hydrogen (secondary N) is 1. The normalized spacial score (nSPS) is 25.1. The van der Waals surface area contributed by atoms with Gasteiger partial charge in [0.05, 0.1) is 0 Å². The molecule has 3 aliphatic rings. The smallest absolute Gasteiger partial charge is 0.263 e. The molecule has 0 unspecified atom stereocenters. The molecule has 29 heavy (non-hydrogen) atoms. The van der Waals surface area contributed by atoms with Crippen molar-refractivity contribution in [1.82, 2.24) is 14.8 Å².